The van der Waals surface area contributed by atoms with Crippen LogP contribution >= 0.6 is 0 Å². The van der Waals surface area contributed by atoms with E-state index in [2.05, 4.69) is 24.0 Å². The number of hydrogen-bond donors (Lipinski definition) is 1. The van der Waals surface area contributed by atoms with Crippen molar-refractivity contribution in [1.82, 2.24) is 9.80 Å². The van der Waals surface area contributed by atoms with Gasteiger partial charge in [-0.2, -0.15) is 0 Å². The van der Waals surface area contributed by atoms with Crippen LogP contribution in [0.1, 0.15) is 25.5 Å². The van der Waals surface area contributed by atoms with Crippen LogP contribution in [-0.4, -0.2) is 48.4 Å². The zero-order valence-electron chi connectivity index (χ0n) is 12.5. The molecule has 1 aliphatic heterocycles. The summed E-state index contributed by atoms with van der Waals surface area (Å²) >= 11 is 0. The summed E-state index contributed by atoms with van der Waals surface area (Å²) in [6.45, 7) is 8.41. The number of piperazine rings is 1. The van der Waals surface area contributed by atoms with Crippen LogP contribution in [-0.2, 0) is 4.79 Å². The summed E-state index contributed by atoms with van der Waals surface area (Å²) in [4.78, 5) is 15.6. The predicted molar refractivity (Wildman–Crippen MR) is 81.2 cm³/mol. The Balaban J connectivity index is 1.83. The molecule has 1 saturated heterocycles. The van der Waals surface area contributed by atoms with Crippen LogP contribution in [0, 0.1) is 5.92 Å². The van der Waals surface area contributed by atoms with Gasteiger partial charge in [-0.1, -0.05) is 37.3 Å². The normalized spacial score (nSPS) is 19.6. The number of rotatable bonds is 4. The molecular weight excluding hydrogens is 250 g/mol. The third kappa shape index (κ3) is 3.81. The summed E-state index contributed by atoms with van der Waals surface area (Å²) in [5.74, 6) is 0.583. The molecule has 1 aliphatic rings. The molecule has 0 saturated carbocycles. The second kappa shape index (κ2) is 6.86. The summed E-state index contributed by atoms with van der Waals surface area (Å²) in [6.07, 6.45) is 0. The largest absolute Gasteiger partial charge is 0.340 e. The van der Waals surface area contributed by atoms with Crippen molar-refractivity contribution in [2.75, 3.05) is 32.7 Å². The summed E-state index contributed by atoms with van der Waals surface area (Å²) in [5, 5.41) is 0. The Morgan fingerprint density at radius 3 is 2.35 bits per heavy atom. The lowest BCUT2D eigenvalue weighted by atomic mass is 9.95. The molecule has 0 radical (unpaired) electrons. The number of nitrogens with zero attached hydrogens (tertiary/aromatic N) is 2. The van der Waals surface area contributed by atoms with E-state index in [0.29, 0.717) is 5.92 Å². The molecule has 2 atom stereocenters. The first-order chi connectivity index (χ1) is 9.58. The van der Waals surface area contributed by atoms with E-state index in [1.807, 2.05) is 23.1 Å². The highest BCUT2D eigenvalue weighted by atomic mass is 16.2. The number of hydrogen-bond acceptors (Lipinski definition) is 3. The maximum atomic E-state index is 11.3. The van der Waals surface area contributed by atoms with Crippen LogP contribution in [0.25, 0.3) is 0 Å². The van der Waals surface area contributed by atoms with Gasteiger partial charge in [-0.05, 0) is 11.5 Å². The predicted octanol–water partition coefficient (Wildman–Crippen LogP) is 1.49. The minimum Gasteiger partial charge on any atom is -0.340 e. The summed E-state index contributed by atoms with van der Waals surface area (Å²) < 4.78 is 0. The maximum absolute atomic E-state index is 11.3. The molecule has 0 aliphatic carbocycles. The van der Waals surface area contributed by atoms with E-state index in [4.69, 9.17) is 5.73 Å². The first kappa shape index (κ1) is 15.0. The molecule has 1 fully saturated rings. The summed E-state index contributed by atoms with van der Waals surface area (Å²) in [7, 11) is 0. The van der Waals surface area contributed by atoms with E-state index >= 15 is 0 Å². The zero-order valence-corrected chi connectivity index (χ0v) is 12.5. The van der Waals surface area contributed by atoms with Gasteiger partial charge in [0, 0.05) is 45.7 Å². The van der Waals surface area contributed by atoms with E-state index < -0.39 is 0 Å². The van der Waals surface area contributed by atoms with Crippen LogP contribution in [0.3, 0.4) is 0 Å². The second-order valence-electron chi connectivity index (χ2n) is 5.72. The molecule has 4 heteroatoms. The first-order valence-electron chi connectivity index (χ1n) is 7.36. The number of amides is 1. The Kier molecular flexibility index (Phi) is 5.15. The molecule has 1 aromatic rings. The smallest absolute Gasteiger partial charge is 0.219 e. The highest BCUT2D eigenvalue weighted by Crippen LogP contribution is 2.20. The third-order valence-electron chi connectivity index (χ3n) is 4.16. The SMILES string of the molecule is CC(=O)N1CCN(C[C@H](C)[C@@H](N)c2ccccc2)CC1. The van der Waals surface area contributed by atoms with Crippen molar-refractivity contribution in [3.63, 3.8) is 0 Å². The number of benzene rings is 1. The summed E-state index contributed by atoms with van der Waals surface area (Å²) in [5.41, 5.74) is 7.54. The Morgan fingerprint density at radius 2 is 1.80 bits per heavy atom. The molecule has 4 nitrogen and oxygen atoms in total. The van der Waals surface area contributed by atoms with Gasteiger partial charge in [0.15, 0.2) is 0 Å². The Labute approximate surface area is 121 Å². The highest BCUT2D eigenvalue weighted by molar-refractivity contribution is 5.73. The van der Waals surface area contributed by atoms with E-state index in [1.54, 1.807) is 6.92 Å². The standard InChI is InChI=1S/C16H25N3O/c1-13(16(17)15-6-4-3-5-7-15)12-18-8-10-19(11-9-18)14(2)20/h3-7,13,16H,8-12,17H2,1-2H3/t13-,16+/m0/s1. The quantitative estimate of drug-likeness (QED) is 0.905. The topological polar surface area (TPSA) is 49.6 Å². The van der Waals surface area contributed by atoms with Gasteiger partial charge in [0.05, 0.1) is 0 Å². The fourth-order valence-electron chi connectivity index (χ4n) is 2.77. The van der Waals surface area contributed by atoms with Crippen LogP contribution in [0.2, 0.25) is 0 Å². The van der Waals surface area contributed by atoms with E-state index in [1.165, 1.54) is 5.56 Å². The molecule has 1 heterocycles. The van der Waals surface area contributed by atoms with Gasteiger partial charge >= 0.3 is 0 Å². The van der Waals surface area contributed by atoms with Gasteiger partial charge in [-0.15, -0.1) is 0 Å². The van der Waals surface area contributed by atoms with Crippen molar-refractivity contribution >= 4 is 5.91 Å². The number of nitrogens with two attached hydrogens (primary N) is 1. The molecule has 1 amide bonds. The molecule has 1 aromatic carbocycles. The van der Waals surface area contributed by atoms with Crippen molar-refractivity contribution in [2.24, 2.45) is 11.7 Å². The lowest BCUT2D eigenvalue weighted by Crippen LogP contribution is -2.49. The minimum atomic E-state index is 0.0713. The lowest BCUT2D eigenvalue weighted by Gasteiger charge is -2.36. The van der Waals surface area contributed by atoms with Crippen molar-refractivity contribution in [1.29, 1.82) is 0 Å². The van der Waals surface area contributed by atoms with E-state index in [0.717, 1.165) is 32.7 Å². The minimum absolute atomic E-state index is 0.0713. The van der Waals surface area contributed by atoms with Crippen LogP contribution in [0.4, 0.5) is 0 Å². The zero-order chi connectivity index (χ0) is 14.5. The molecule has 0 aromatic heterocycles. The maximum Gasteiger partial charge on any atom is 0.219 e. The molecule has 2 rings (SSSR count). The van der Waals surface area contributed by atoms with Crippen molar-refractivity contribution in [2.45, 2.75) is 19.9 Å². The van der Waals surface area contributed by atoms with Crippen LogP contribution < -0.4 is 5.73 Å². The van der Waals surface area contributed by atoms with Crippen molar-refractivity contribution in [3.05, 3.63) is 35.9 Å². The third-order valence-corrected chi connectivity index (χ3v) is 4.16. The van der Waals surface area contributed by atoms with Crippen molar-refractivity contribution in [3.8, 4) is 0 Å². The molecular formula is C16H25N3O. The van der Waals surface area contributed by atoms with Gasteiger partial charge in [0.1, 0.15) is 0 Å². The van der Waals surface area contributed by atoms with Gasteiger partial charge in [-0.3, -0.25) is 9.69 Å². The Bertz CT molecular complexity index is 427. The molecule has 110 valence electrons. The van der Waals surface area contributed by atoms with Gasteiger partial charge < -0.3 is 10.6 Å². The monoisotopic (exact) mass is 275 g/mol. The summed E-state index contributed by atoms with van der Waals surface area (Å²) in [6, 6.07) is 10.3. The first-order valence-corrected chi connectivity index (χ1v) is 7.36. The molecule has 0 bridgehead atoms. The molecule has 0 unspecified atom stereocenters. The lowest BCUT2D eigenvalue weighted by molar-refractivity contribution is -0.130. The second-order valence-corrected chi connectivity index (χ2v) is 5.72. The van der Waals surface area contributed by atoms with Crippen LogP contribution in [0.5, 0.6) is 0 Å². The van der Waals surface area contributed by atoms with Crippen LogP contribution in [0.15, 0.2) is 30.3 Å². The Morgan fingerprint density at radius 1 is 1.20 bits per heavy atom. The fraction of sp³-hybridized carbons (Fsp3) is 0.562. The molecule has 20 heavy (non-hydrogen) atoms. The number of carbonyl (C=O) groups excluding carboxylic acids is 1. The Hall–Kier alpha value is -1.39. The van der Waals surface area contributed by atoms with E-state index in [-0.39, 0.29) is 11.9 Å². The average molecular weight is 275 g/mol. The van der Waals surface area contributed by atoms with Gasteiger partial charge in [0.2, 0.25) is 5.91 Å². The van der Waals surface area contributed by atoms with Gasteiger partial charge in [-0.25, -0.2) is 0 Å². The fourth-order valence-corrected chi connectivity index (χ4v) is 2.77. The number of carbonyl (C=O) groups is 1. The van der Waals surface area contributed by atoms with E-state index in [9.17, 15) is 4.79 Å². The molecule has 2 N–H and O–H groups in total. The molecule has 0 spiro atoms. The average Bonchev–Trinajstić information content (AvgIpc) is 2.48. The highest BCUT2D eigenvalue weighted by Gasteiger charge is 2.22. The van der Waals surface area contributed by atoms with Gasteiger partial charge in [0.25, 0.3) is 0 Å². The van der Waals surface area contributed by atoms with Crippen molar-refractivity contribution < 1.29 is 4.79 Å².